The number of fused-ring (bicyclic) bond motifs is 1. The van der Waals surface area contributed by atoms with Crippen molar-refractivity contribution >= 4 is 40.9 Å². The van der Waals surface area contributed by atoms with Gasteiger partial charge in [0.25, 0.3) is 5.91 Å². The largest absolute Gasteiger partial charge is 0.450 e. The maximum absolute atomic E-state index is 13.0. The molecular formula is C21H26N4O5S. The van der Waals surface area contributed by atoms with Crippen LogP contribution in [0.15, 0.2) is 28.8 Å². The highest BCUT2D eigenvalue weighted by molar-refractivity contribution is 7.80. The molecule has 0 spiro atoms. The van der Waals surface area contributed by atoms with Gasteiger partial charge in [-0.2, -0.15) is 0 Å². The van der Waals surface area contributed by atoms with Gasteiger partial charge in [0, 0.05) is 38.4 Å². The van der Waals surface area contributed by atoms with E-state index in [1.54, 1.807) is 35.0 Å². The summed E-state index contributed by atoms with van der Waals surface area (Å²) in [4.78, 5) is 47.0. The average molecular weight is 447 g/mol. The topological polar surface area (TPSA) is 91.8 Å². The molecule has 0 aromatic rings. The number of nitrogens with zero attached hydrogens (tertiary/aromatic N) is 4. The molecule has 4 aliphatic rings. The Balaban J connectivity index is 1.41. The van der Waals surface area contributed by atoms with Crippen LogP contribution in [-0.2, 0) is 19.1 Å². The van der Waals surface area contributed by atoms with Crippen LogP contribution in [0.5, 0.6) is 0 Å². The molecule has 2 saturated heterocycles. The number of rotatable bonds is 4. The zero-order valence-electron chi connectivity index (χ0n) is 17.5. The van der Waals surface area contributed by atoms with Gasteiger partial charge in [0.05, 0.1) is 30.9 Å². The number of thiocarbonyl (C=S) groups is 1. The van der Waals surface area contributed by atoms with Gasteiger partial charge in [-0.15, -0.1) is 0 Å². The van der Waals surface area contributed by atoms with E-state index >= 15 is 0 Å². The Labute approximate surface area is 186 Å². The molecule has 3 heterocycles. The van der Waals surface area contributed by atoms with Crippen molar-refractivity contribution in [2.24, 2.45) is 10.9 Å². The summed E-state index contributed by atoms with van der Waals surface area (Å²) in [5.41, 5.74) is 0.956. The molecule has 9 nitrogen and oxygen atoms in total. The van der Waals surface area contributed by atoms with Gasteiger partial charge >= 0.3 is 6.09 Å². The van der Waals surface area contributed by atoms with Crippen molar-refractivity contribution in [3.63, 3.8) is 0 Å². The average Bonchev–Trinajstić information content (AvgIpc) is 3.29. The van der Waals surface area contributed by atoms with Crippen molar-refractivity contribution in [1.82, 2.24) is 14.7 Å². The minimum atomic E-state index is -0.537. The third-order valence-corrected chi connectivity index (χ3v) is 6.14. The van der Waals surface area contributed by atoms with Crippen LogP contribution in [0.2, 0.25) is 0 Å². The van der Waals surface area contributed by atoms with E-state index in [-0.39, 0.29) is 29.1 Å². The van der Waals surface area contributed by atoms with E-state index in [4.69, 9.17) is 21.7 Å². The van der Waals surface area contributed by atoms with Gasteiger partial charge in [-0.05, 0) is 38.1 Å². The van der Waals surface area contributed by atoms with Gasteiger partial charge in [0.15, 0.2) is 0 Å². The lowest BCUT2D eigenvalue weighted by molar-refractivity contribution is -0.130. The maximum atomic E-state index is 13.0. The molecule has 0 saturated carbocycles. The first-order chi connectivity index (χ1) is 15.0. The number of carbonyl (C=O) groups excluding carboxylic acids is 3. The smallest absolute Gasteiger partial charge is 0.409 e. The number of allylic oxidation sites excluding steroid dienone is 1. The van der Waals surface area contributed by atoms with Crippen LogP contribution in [0.1, 0.15) is 19.8 Å². The minimum Gasteiger partial charge on any atom is -0.450 e. The Morgan fingerprint density at radius 1 is 1.26 bits per heavy atom. The van der Waals surface area contributed by atoms with Crippen molar-refractivity contribution in [3.05, 3.63) is 23.8 Å². The highest BCUT2D eigenvalue weighted by Crippen LogP contribution is 2.25. The molecule has 2 atom stereocenters. The number of hydrogen-bond donors (Lipinski definition) is 0. The summed E-state index contributed by atoms with van der Waals surface area (Å²) in [5, 5.41) is 0.216. The van der Waals surface area contributed by atoms with Gasteiger partial charge in [-0.25, -0.2) is 9.79 Å². The summed E-state index contributed by atoms with van der Waals surface area (Å²) < 4.78 is 10.6. The van der Waals surface area contributed by atoms with E-state index in [9.17, 15) is 14.4 Å². The second kappa shape index (κ2) is 9.27. The Hall–Kier alpha value is -2.59. The van der Waals surface area contributed by atoms with Crippen LogP contribution in [0, 0.1) is 5.92 Å². The van der Waals surface area contributed by atoms with Crippen molar-refractivity contribution in [3.8, 4) is 0 Å². The minimum absolute atomic E-state index is 0.00724. The zero-order valence-corrected chi connectivity index (χ0v) is 18.3. The Morgan fingerprint density at radius 2 is 2.00 bits per heavy atom. The summed E-state index contributed by atoms with van der Waals surface area (Å²) in [6, 6.07) is 0. The SMILES string of the molecule is CCOC(=O)N1CCN(C(=O)C2=CC3=NC(=S)N(CC4CCCO4)C(=O)C3C=C2)CC1. The second-order valence-corrected chi connectivity index (χ2v) is 8.18. The molecule has 2 unspecified atom stereocenters. The number of ether oxygens (including phenoxy) is 2. The first-order valence-corrected chi connectivity index (χ1v) is 11.0. The van der Waals surface area contributed by atoms with Crippen molar-refractivity contribution in [2.45, 2.75) is 25.9 Å². The third-order valence-electron chi connectivity index (χ3n) is 5.83. The fraction of sp³-hybridized carbons (Fsp3) is 0.571. The van der Waals surface area contributed by atoms with E-state index in [1.807, 2.05) is 0 Å². The quantitative estimate of drug-likeness (QED) is 0.602. The molecule has 31 heavy (non-hydrogen) atoms. The predicted octanol–water partition coefficient (Wildman–Crippen LogP) is 1.15. The fourth-order valence-corrected chi connectivity index (χ4v) is 4.39. The van der Waals surface area contributed by atoms with Crippen LogP contribution in [0.25, 0.3) is 0 Å². The van der Waals surface area contributed by atoms with Gasteiger partial charge in [-0.1, -0.05) is 12.2 Å². The molecule has 10 heteroatoms. The van der Waals surface area contributed by atoms with Crippen LogP contribution in [0.3, 0.4) is 0 Å². The van der Waals surface area contributed by atoms with Crippen LogP contribution in [-0.4, -0.2) is 95.5 Å². The van der Waals surface area contributed by atoms with Gasteiger partial charge in [0.1, 0.15) is 0 Å². The van der Waals surface area contributed by atoms with Crippen molar-refractivity contribution in [2.75, 3.05) is 45.9 Å². The standard InChI is InChI=1S/C21H26N4O5S/c1-2-29-21(28)24-9-7-23(8-10-24)18(26)14-5-6-16-17(12-14)22-20(31)25(19(16)27)13-15-4-3-11-30-15/h5-6,12,15-16H,2-4,7-11,13H2,1H3. The zero-order chi connectivity index (χ0) is 22.0. The lowest BCUT2D eigenvalue weighted by Gasteiger charge is -2.35. The Bertz CT molecular complexity index is 869. The van der Waals surface area contributed by atoms with E-state index < -0.39 is 5.92 Å². The highest BCUT2D eigenvalue weighted by atomic mass is 32.1. The molecule has 0 aromatic carbocycles. The molecule has 1 aliphatic carbocycles. The molecule has 2 fully saturated rings. The van der Waals surface area contributed by atoms with Crippen molar-refractivity contribution < 1.29 is 23.9 Å². The third kappa shape index (κ3) is 4.54. The van der Waals surface area contributed by atoms with E-state index in [1.165, 1.54) is 4.90 Å². The Kier molecular flexibility index (Phi) is 6.47. The number of amides is 3. The molecule has 166 valence electrons. The first-order valence-electron chi connectivity index (χ1n) is 10.6. The summed E-state index contributed by atoms with van der Waals surface area (Å²) >= 11 is 5.36. The summed E-state index contributed by atoms with van der Waals surface area (Å²) in [6.07, 6.45) is 6.58. The number of aliphatic imine (C=N–C) groups is 1. The fourth-order valence-electron chi connectivity index (χ4n) is 4.12. The normalized spacial score (nSPS) is 25.9. The van der Waals surface area contributed by atoms with E-state index in [2.05, 4.69) is 4.99 Å². The summed E-state index contributed by atoms with van der Waals surface area (Å²) in [7, 11) is 0. The molecule has 3 aliphatic heterocycles. The Morgan fingerprint density at radius 3 is 2.68 bits per heavy atom. The lowest BCUT2D eigenvalue weighted by Crippen LogP contribution is -2.51. The van der Waals surface area contributed by atoms with Gasteiger partial charge in [-0.3, -0.25) is 14.5 Å². The molecule has 0 radical (unpaired) electrons. The number of hydrogen-bond acceptors (Lipinski definition) is 6. The van der Waals surface area contributed by atoms with Crippen LogP contribution >= 0.6 is 12.2 Å². The molecular weight excluding hydrogens is 420 g/mol. The van der Waals surface area contributed by atoms with Crippen molar-refractivity contribution in [1.29, 1.82) is 0 Å². The summed E-state index contributed by atoms with van der Waals surface area (Å²) in [5.74, 6) is -0.820. The van der Waals surface area contributed by atoms with Gasteiger partial charge in [0.2, 0.25) is 11.0 Å². The predicted molar refractivity (Wildman–Crippen MR) is 117 cm³/mol. The lowest BCUT2D eigenvalue weighted by atomic mass is 9.91. The second-order valence-electron chi connectivity index (χ2n) is 7.82. The highest BCUT2D eigenvalue weighted by Gasteiger charge is 2.37. The molecule has 3 amide bonds. The number of carbonyl (C=O) groups is 3. The first kappa shape index (κ1) is 21.6. The summed E-state index contributed by atoms with van der Waals surface area (Å²) in [6.45, 7) is 4.90. The molecule has 0 aromatic heterocycles. The van der Waals surface area contributed by atoms with E-state index in [0.717, 1.165) is 12.8 Å². The monoisotopic (exact) mass is 446 g/mol. The molecule has 0 bridgehead atoms. The maximum Gasteiger partial charge on any atom is 0.409 e. The van der Waals surface area contributed by atoms with Crippen LogP contribution < -0.4 is 0 Å². The van der Waals surface area contributed by atoms with Gasteiger partial charge < -0.3 is 19.3 Å². The number of piperazine rings is 1. The molecule has 4 rings (SSSR count). The van der Waals surface area contributed by atoms with Crippen LogP contribution in [0.4, 0.5) is 4.79 Å². The molecule has 0 N–H and O–H groups in total. The van der Waals surface area contributed by atoms with E-state index in [0.29, 0.717) is 57.2 Å².